The number of ether oxygens (including phenoxy) is 1. The fraction of sp³-hybridized carbons (Fsp3) is 0.308. The molecule has 6 heteroatoms. The summed E-state index contributed by atoms with van der Waals surface area (Å²) in [4.78, 5) is 13.6. The fourth-order valence-corrected chi connectivity index (χ4v) is 1.99. The van der Waals surface area contributed by atoms with Gasteiger partial charge in [-0.1, -0.05) is 23.4 Å². The molecule has 0 N–H and O–H groups in total. The van der Waals surface area contributed by atoms with Crippen molar-refractivity contribution < 1.29 is 9.53 Å². The molecule has 1 fully saturated rings. The van der Waals surface area contributed by atoms with E-state index in [1.54, 1.807) is 15.8 Å². The third-order valence-electron chi connectivity index (χ3n) is 3.14. The molecule has 0 spiro atoms. The summed E-state index contributed by atoms with van der Waals surface area (Å²) in [6.45, 7) is 1.41. The number of carbonyl (C=O) groups is 1. The van der Waals surface area contributed by atoms with E-state index in [1.165, 1.54) is 0 Å². The minimum Gasteiger partial charge on any atom is -0.484 e. The molecule has 0 bridgehead atoms. The Bertz CT molecular complexity index is 535. The maximum Gasteiger partial charge on any atom is 0.260 e. The van der Waals surface area contributed by atoms with Crippen LogP contribution in [0.25, 0.3) is 0 Å². The van der Waals surface area contributed by atoms with Gasteiger partial charge in [0.05, 0.1) is 12.2 Å². The van der Waals surface area contributed by atoms with Gasteiger partial charge >= 0.3 is 0 Å². The summed E-state index contributed by atoms with van der Waals surface area (Å²) in [7, 11) is 0. The maximum atomic E-state index is 11.9. The number of benzene rings is 1. The van der Waals surface area contributed by atoms with Gasteiger partial charge in [-0.25, -0.2) is 4.68 Å². The standard InChI is InChI=1S/C13H14N4O2/c18-13(10-19-12-4-2-1-3-5-12)16-8-11(9-16)17-7-6-14-15-17/h1-7,11H,8-10H2. The van der Waals surface area contributed by atoms with Crippen LogP contribution < -0.4 is 4.74 Å². The predicted molar refractivity (Wildman–Crippen MR) is 67.6 cm³/mol. The molecule has 0 unspecified atom stereocenters. The minimum atomic E-state index is 0.000202. The molecular formula is C13H14N4O2. The average Bonchev–Trinajstić information content (AvgIpc) is 2.90. The highest BCUT2D eigenvalue weighted by atomic mass is 16.5. The van der Waals surface area contributed by atoms with Crippen molar-refractivity contribution in [2.75, 3.05) is 19.7 Å². The molecule has 1 amide bonds. The van der Waals surface area contributed by atoms with Gasteiger partial charge in [0, 0.05) is 19.3 Å². The number of hydrogen-bond acceptors (Lipinski definition) is 4. The van der Waals surface area contributed by atoms with Gasteiger partial charge in [-0.05, 0) is 12.1 Å². The third-order valence-corrected chi connectivity index (χ3v) is 3.14. The van der Waals surface area contributed by atoms with Gasteiger partial charge in [0.25, 0.3) is 5.91 Å². The second kappa shape index (κ2) is 5.09. The van der Waals surface area contributed by atoms with Crippen LogP contribution in [0.3, 0.4) is 0 Å². The number of rotatable bonds is 4. The van der Waals surface area contributed by atoms with Crippen LogP contribution in [0, 0.1) is 0 Å². The second-order valence-electron chi connectivity index (χ2n) is 4.44. The van der Waals surface area contributed by atoms with Crippen LogP contribution in [0.2, 0.25) is 0 Å². The van der Waals surface area contributed by atoms with E-state index in [2.05, 4.69) is 10.3 Å². The topological polar surface area (TPSA) is 60.2 Å². The predicted octanol–water partition coefficient (Wildman–Crippen LogP) is 0.740. The summed E-state index contributed by atoms with van der Waals surface area (Å²) >= 11 is 0. The van der Waals surface area contributed by atoms with E-state index < -0.39 is 0 Å². The minimum absolute atomic E-state index is 0.000202. The van der Waals surface area contributed by atoms with E-state index in [0.717, 1.165) is 0 Å². The number of hydrogen-bond donors (Lipinski definition) is 0. The van der Waals surface area contributed by atoms with Crippen LogP contribution in [-0.2, 0) is 4.79 Å². The molecule has 98 valence electrons. The zero-order chi connectivity index (χ0) is 13.1. The summed E-state index contributed by atoms with van der Waals surface area (Å²) in [5.41, 5.74) is 0. The third kappa shape index (κ3) is 2.57. The summed E-state index contributed by atoms with van der Waals surface area (Å²) in [6, 6.07) is 9.58. The van der Waals surface area contributed by atoms with E-state index in [9.17, 15) is 4.79 Å². The molecule has 0 aliphatic carbocycles. The first-order valence-corrected chi connectivity index (χ1v) is 6.14. The van der Waals surface area contributed by atoms with Crippen LogP contribution in [0.5, 0.6) is 5.75 Å². The zero-order valence-corrected chi connectivity index (χ0v) is 10.3. The van der Waals surface area contributed by atoms with Crippen LogP contribution in [0.4, 0.5) is 0 Å². The zero-order valence-electron chi connectivity index (χ0n) is 10.3. The Balaban J connectivity index is 1.46. The molecule has 1 aromatic carbocycles. The van der Waals surface area contributed by atoms with Crippen molar-refractivity contribution in [2.45, 2.75) is 6.04 Å². The van der Waals surface area contributed by atoms with E-state index in [-0.39, 0.29) is 18.6 Å². The second-order valence-corrected chi connectivity index (χ2v) is 4.44. The van der Waals surface area contributed by atoms with E-state index >= 15 is 0 Å². The number of para-hydroxylation sites is 1. The Morgan fingerprint density at radius 2 is 2.11 bits per heavy atom. The number of nitrogens with zero attached hydrogens (tertiary/aromatic N) is 4. The van der Waals surface area contributed by atoms with Crippen LogP contribution in [0.1, 0.15) is 6.04 Å². The lowest BCUT2D eigenvalue weighted by Crippen LogP contribution is -2.52. The Morgan fingerprint density at radius 1 is 1.32 bits per heavy atom. The van der Waals surface area contributed by atoms with Crippen LogP contribution >= 0.6 is 0 Å². The molecule has 1 saturated heterocycles. The maximum absolute atomic E-state index is 11.9. The molecule has 19 heavy (non-hydrogen) atoms. The molecular weight excluding hydrogens is 244 g/mol. The van der Waals surface area contributed by atoms with Crippen LogP contribution in [-0.4, -0.2) is 45.5 Å². The van der Waals surface area contributed by atoms with E-state index in [1.807, 2.05) is 36.5 Å². The molecule has 2 aromatic rings. The Kier molecular flexibility index (Phi) is 3.14. The molecule has 1 aliphatic heterocycles. The summed E-state index contributed by atoms with van der Waals surface area (Å²) in [5, 5.41) is 7.68. The molecule has 0 radical (unpaired) electrons. The highest BCUT2D eigenvalue weighted by Crippen LogP contribution is 2.20. The van der Waals surface area contributed by atoms with Crippen molar-refractivity contribution in [1.82, 2.24) is 19.9 Å². The van der Waals surface area contributed by atoms with Crippen molar-refractivity contribution in [1.29, 1.82) is 0 Å². The number of aromatic nitrogens is 3. The molecule has 1 aromatic heterocycles. The average molecular weight is 258 g/mol. The highest BCUT2D eigenvalue weighted by molar-refractivity contribution is 5.78. The Hall–Kier alpha value is -2.37. The van der Waals surface area contributed by atoms with Gasteiger partial charge in [-0.15, -0.1) is 5.10 Å². The normalized spacial score (nSPS) is 15.1. The van der Waals surface area contributed by atoms with Crippen molar-refractivity contribution in [3.63, 3.8) is 0 Å². The van der Waals surface area contributed by atoms with E-state index in [4.69, 9.17) is 4.74 Å². The summed E-state index contributed by atoms with van der Waals surface area (Å²) in [5.74, 6) is 0.712. The van der Waals surface area contributed by atoms with Crippen molar-refractivity contribution in [3.8, 4) is 5.75 Å². The van der Waals surface area contributed by atoms with E-state index in [0.29, 0.717) is 18.8 Å². The highest BCUT2D eigenvalue weighted by Gasteiger charge is 2.32. The van der Waals surface area contributed by atoms with Gasteiger partial charge in [-0.3, -0.25) is 4.79 Å². The number of likely N-dealkylation sites (tertiary alicyclic amines) is 1. The quantitative estimate of drug-likeness (QED) is 0.811. The van der Waals surface area contributed by atoms with Crippen molar-refractivity contribution in [3.05, 3.63) is 42.7 Å². The van der Waals surface area contributed by atoms with Gasteiger partial charge in [0.1, 0.15) is 5.75 Å². The van der Waals surface area contributed by atoms with Gasteiger partial charge in [0.2, 0.25) is 0 Å². The largest absolute Gasteiger partial charge is 0.484 e. The molecule has 3 rings (SSSR count). The van der Waals surface area contributed by atoms with Crippen molar-refractivity contribution >= 4 is 5.91 Å². The first-order valence-electron chi connectivity index (χ1n) is 6.14. The number of carbonyl (C=O) groups excluding carboxylic acids is 1. The summed E-state index contributed by atoms with van der Waals surface area (Å²) < 4.78 is 7.20. The molecule has 2 heterocycles. The van der Waals surface area contributed by atoms with Gasteiger partial charge < -0.3 is 9.64 Å². The molecule has 1 aliphatic rings. The van der Waals surface area contributed by atoms with Crippen LogP contribution in [0.15, 0.2) is 42.7 Å². The lowest BCUT2D eigenvalue weighted by atomic mass is 10.1. The fourth-order valence-electron chi connectivity index (χ4n) is 1.99. The monoisotopic (exact) mass is 258 g/mol. The number of amides is 1. The smallest absolute Gasteiger partial charge is 0.260 e. The Labute approximate surface area is 110 Å². The van der Waals surface area contributed by atoms with Crippen molar-refractivity contribution in [2.24, 2.45) is 0 Å². The molecule has 6 nitrogen and oxygen atoms in total. The van der Waals surface area contributed by atoms with Gasteiger partial charge in [0.15, 0.2) is 6.61 Å². The first-order chi connectivity index (χ1) is 9.33. The Morgan fingerprint density at radius 3 is 2.79 bits per heavy atom. The molecule has 0 saturated carbocycles. The lowest BCUT2D eigenvalue weighted by molar-refractivity contribution is -0.139. The lowest BCUT2D eigenvalue weighted by Gasteiger charge is -2.38. The first kappa shape index (κ1) is 11.7. The SMILES string of the molecule is O=C(COc1ccccc1)N1CC(n2ccnn2)C1. The summed E-state index contributed by atoms with van der Waals surface area (Å²) in [6.07, 6.45) is 3.45. The van der Waals surface area contributed by atoms with Gasteiger partial charge in [-0.2, -0.15) is 0 Å². The molecule has 0 atom stereocenters.